The molecule has 1 aromatic carbocycles. The molecular weight excluding hydrogens is 252 g/mol. The van der Waals surface area contributed by atoms with E-state index in [2.05, 4.69) is 23.3 Å². The van der Waals surface area contributed by atoms with Crippen molar-refractivity contribution in [3.05, 3.63) is 53.9 Å². The van der Waals surface area contributed by atoms with E-state index in [-0.39, 0.29) is 0 Å². The van der Waals surface area contributed by atoms with Crippen LogP contribution >= 0.6 is 0 Å². The number of benzene rings is 1. The molecule has 0 amide bonds. The Hall–Kier alpha value is -1.91. The van der Waals surface area contributed by atoms with Crippen molar-refractivity contribution in [2.75, 3.05) is 20.3 Å². The van der Waals surface area contributed by atoms with Crippen LogP contribution in [0.5, 0.6) is 11.5 Å². The summed E-state index contributed by atoms with van der Waals surface area (Å²) in [5, 5.41) is 3.34. The maximum Gasteiger partial charge on any atom is 0.145 e. The van der Waals surface area contributed by atoms with E-state index in [4.69, 9.17) is 9.47 Å². The number of nitrogens with zero attached hydrogens (tertiary/aromatic N) is 1. The van der Waals surface area contributed by atoms with Crippen LogP contribution in [-0.4, -0.2) is 25.2 Å². The summed E-state index contributed by atoms with van der Waals surface area (Å²) in [6, 6.07) is 9.85. The summed E-state index contributed by atoms with van der Waals surface area (Å²) in [6.07, 6.45) is 3.43. The third-order valence-corrected chi connectivity index (χ3v) is 2.98. The maximum atomic E-state index is 5.75. The average Bonchev–Trinajstić information content (AvgIpc) is 2.46. The first-order valence-corrected chi connectivity index (χ1v) is 6.66. The monoisotopic (exact) mass is 272 g/mol. The number of aryl methyl sites for hydroxylation is 1. The Morgan fingerprint density at radius 1 is 1.20 bits per heavy atom. The lowest BCUT2D eigenvalue weighted by atomic mass is 10.1. The van der Waals surface area contributed by atoms with Gasteiger partial charge in [0, 0.05) is 26.4 Å². The third-order valence-electron chi connectivity index (χ3n) is 2.98. The predicted molar refractivity (Wildman–Crippen MR) is 79.1 cm³/mol. The van der Waals surface area contributed by atoms with Gasteiger partial charge in [0.2, 0.25) is 0 Å². The Balaban J connectivity index is 1.95. The average molecular weight is 272 g/mol. The van der Waals surface area contributed by atoms with Crippen molar-refractivity contribution in [3.63, 3.8) is 0 Å². The molecular formula is C16H20N2O2. The maximum absolute atomic E-state index is 5.75. The van der Waals surface area contributed by atoms with Crippen molar-refractivity contribution in [2.45, 2.75) is 13.5 Å². The van der Waals surface area contributed by atoms with Crippen molar-refractivity contribution in [1.29, 1.82) is 0 Å². The van der Waals surface area contributed by atoms with Gasteiger partial charge in [-0.3, -0.25) is 4.98 Å². The van der Waals surface area contributed by atoms with Gasteiger partial charge in [0.05, 0.1) is 12.8 Å². The Morgan fingerprint density at radius 2 is 2.10 bits per heavy atom. The van der Waals surface area contributed by atoms with E-state index in [1.165, 1.54) is 11.1 Å². The van der Waals surface area contributed by atoms with Crippen molar-refractivity contribution < 1.29 is 9.47 Å². The molecule has 0 fully saturated rings. The smallest absolute Gasteiger partial charge is 0.145 e. The van der Waals surface area contributed by atoms with E-state index in [9.17, 15) is 0 Å². The van der Waals surface area contributed by atoms with Gasteiger partial charge < -0.3 is 14.8 Å². The van der Waals surface area contributed by atoms with Gasteiger partial charge in [0.15, 0.2) is 0 Å². The summed E-state index contributed by atoms with van der Waals surface area (Å²) < 4.78 is 10.8. The Kier molecular flexibility index (Phi) is 5.53. The first-order valence-electron chi connectivity index (χ1n) is 6.66. The molecule has 1 N–H and O–H groups in total. The summed E-state index contributed by atoms with van der Waals surface area (Å²) in [7, 11) is 1.71. The third kappa shape index (κ3) is 4.33. The number of ether oxygens (including phenoxy) is 2. The van der Waals surface area contributed by atoms with Crippen molar-refractivity contribution in [2.24, 2.45) is 0 Å². The number of aromatic nitrogens is 1. The second kappa shape index (κ2) is 7.62. The minimum atomic E-state index is 0.723. The molecule has 0 aliphatic carbocycles. The Morgan fingerprint density at radius 3 is 2.80 bits per heavy atom. The lowest BCUT2D eigenvalue weighted by Gasteiger charge is -2.10. The van der Waals surface area contributed by atoms with Gasteiger partial charge in [0.25, 0.3) is 0 Å². The molecule has 0 atom stereocenters. The van der Waals surface area contributed by atoms with Crippen molar-refractivity contribution in [3.8, 4) is 11.5 Å². The Labute approximate surface area is 119 Å². The van der Waals surface area contributed by atoms with Crippen molar-refractivity contribution >= 4 is 0 Å². The molecule has 0 saturated heterocycles. The van der Waals surface area contributed by atoms with Gasteiger partial charge in [-0.15, -0.1) is 0 Å². The molecule has 4 nitrogen and oxygen atoms in total. The van der Waals surface area contributed by atoms with Crippen LogP contribution in [0.3, 0.4) is 0 Å². The zero-order chi connectivity index (χ0) is 14.2. The number of hydrogen-bond donors (Lipinski definition) is 1. The molecule has 2 rings (SSSR count). The number of hydrogen-bond acceptors (Lipinski definition) is 4. The van der Waals surface area contributed by atoms with Crippen LogP contribution in [0, 0.1) is 6.92 Å². The molecule has 0 radical (unpaired) electrons. The molecule has 1 aromatic heterocycles. The fourth-order valence-corrected chi connectivity index (χ4v) is 1.87. The summed E-state index contributed by atoms with van der Waals surface area (Å²) in [6.45, 7) is 4.50. The standard InChI is InChI=1S/C16H20N2O2/c1-13-10-15(20-16-4-3-7-17-12-16)6-5-14(13)11-18-8-9-19-2/h3-7,10,12,18H,8-9,11H2,1-2H3. The van der Waals surface area contributed by atoms with E-state index in [1.54, 1.807) is 19.5 Å². The fourth-order valence-electron chi connectivity index (χ4n) is 1.87. The summed E-state index contributed by atoms with van der Waals surface area (Å²) in [5.41, 5.74) is 2.47. The SMILES string of the molecule is COCCNCc1ccc(Oc2cccnc2)cc1C. The number of pyridine rings is 1. The van der Waals surface area contributed by atoms with E-state index in [0.717, 1.165) is 31.2 Å². The summed E-state index contributed by atoms with van der Waals surface area (Å²) in [4.78, 5) is 4.03. The summed E-state index contributed by atoms with van der Waals surface area (Å²) in [5.74, 6) is 1.58. The topological polar surface area (TPSA) is 43.4 Å². The first-order chi connectivity index (χ1) is 9.79. The highest BCUT2D eigenvalue weighted by molar-refractivity contribution is 5.37. The molecule has 4 heteroatoms. The predicted octanol–water partition coefficient (Wildman–Crippen LogP) is 2.92. The number of nitrogens with one attached hydrogen (secondary N) is 1. The number of methoxy groups -OCH3 is 1. The number of rotatable bonds is 7. The minimum absolute atomic E-state index is 0.723. The fraction of sp³-hybridized carbons (Fsp3) is 0.312. The van der Waals surface area contributed by atoms with E-state index in [1.807, 2.05) is 24.3 Å². The van der Waals surface area contributed by atoms with Crippen LogP contribution < -0.4 is 10.1 Å². The zero-order valence-electron chi connectivity index (χ0n) is 11.9. The normalized spacial score (nSPS) is 10.5. The van der Waals surface area contributed by atoms with Crippen LogP contribution in [0.2, 0.25) is 0 Å². The first kappa shape index (κ1) is 14.5. The lowest BCUT2D eigenvalue weighted by molar-refractivity contribution is 0.199. The highest BCUT2D eigenvalue weighted by atomic mass is 16.5. The molecule has 0 unspecified atom stereocenters. The van der Waals surface area contributed by atoms with Crippen LogP contribution in [0.4, 0.5) is 0 Å². The highest BCUT2D eigenvalue weighted by Crippen LogP contribution is 2.22. The van der Waals surface area contributed by atoms with E-state index >= 15 is 0 Å². The minimum Gasteiger partial charge on any atom is -0.456 e. The van der Waals surface area contributed by atoms with Gasteiger partial charge in [-0.05, 0) is 42.3 Å². The molecule has 0 bridgehead atoms. The molecule has 106 valence electrons. The van der Waals surface area contributed by atoms with E-state index in [0.29, 0.717) is 0 Å². The molecule has 0 aliphatic rings. The molecule has 0 saturated carbocycles. The van der Waals surface area contributed by atoms with Gasteiger partial charge in [-0.1, -0.05) is 6.07 Å². The summed E-state index contributed by atoms with van der Waals surface area (Å²) >= 11 is 0. The largest absolute Gasteiger partial charge is 0.456 e. The second-order valence-electron chi connectivity index (χ2n) is 4.55. The van der Waals surface area contributed by atoms with Crippen LogP contribution in [0.25, 0.3) is 0 Å². The van der Waals surface area contributed by atoms with Gasteiger partial charge in [0.1, 0.15) is 11.5 Å². The molecule has 20 heavy (non-hydrogen) atoms. The van der Waals surface area contributed by atoms with Crippen LogP contribution in [-0.2, 0) is 11.3 Å². The van der Waals surface area contributed by atoms with Crippen LogP contribution in [0.15, 0.2) is 42.7 Å². The quantitative estimate of drug-likeness (QED) is 0.787. The van der Waals surface area contributed by atoms with Gasteiger partial charge in [-0.2, -0.15) is 0 Å². The molecule has 0 spiro atoms. The van der Waals surface area contributed by atoms with Gasteiger partial charge >= 0.3 is 0 Å². The van der Waals surface area contributed by atoms with Gasteiger partial charge in [-0.25, -0.2) is 0 Å². The highest BCUT2D eigenvalue weighted by Gasteiger charge is 2.02. The van der Waals surface area contributed by atoms with Crippen molar-refractivity contribution in [1.82, 2.24) is 10.3 Å². The van der Waals surface area contributed by atoms with Crippen LogP contribution in [0.1, 0.15) is 11.1 Å². The molecule has 0 aliphatic heterocycles. The Bertz CT molecular complexity index is 529. The van der Waals surface area contributed by atoms with E-state index < -0.39 is 0 Å². The molecule has 2 aromatic rings. The molecule has 1 heterocycles. The lowest BCUT2D eigenvalue weighted by Crippen LogP contribution is -2.19. The zero-order valence-corrected chi connectivity index (χ0v) is 11.9. The second-order valence-corrected chi connectivity index (χ2v) is 4.55.